The van der Waals surface area contributed by atoms with Crippen molar-refractivity contribution in [2.45, 2.75) is 0 Å². The van der Waals surface area contributed by atoms with Gasteiger partial charge < -0.3 is 0 Å². The molecule has 0 atom stereocenters. The number of rotatable bonds is 7. The van der Waals surface area contributed by atoms with Gasteiger partial charge in [-0.3, -0.25) is 9.13 Å². The maximum absolute atomic E-state index is 11.1. The van der Waals surface area contributed by atoms with E-state index in [1.807, 2.05) is 30.3 Å². The van der Waals surface area contributed by atoms with Crippen LogP contribution in [-0.2, 0) is 0 Å². The molecule has 0 saturated carbocycles. The number of para-hydroxylation sites is 4. The number of nitriles is 1. The second-order valence-electron chi connectivity index (χ2n) is 14.7. The first-order valence-electron chi connectivity index (χ1n) is 19.7. The van der Waals surface area contributed by atoms with Gasteiger partial charge in [0.25, 0.3) is 0 Å². The summed E-state index contributed by atoms with van der Waals surface area (Å²) in [6.07, 6.45) is 0. The second kappa shape index (κ2) is 13.9. The van der Waals surface area contributed by atoms with Gasteiger partial charge in [0.15, 0.2) is 13.9 Å². The Hall–Kier alpha value is -7.92. The fraction of sp³-hybridized carbons (Fsp3) is 0. The van der Waals surface area contributed by atoms with Crippen molar-refractivity contribution in [2.24, 2.45) is 0 Å². The maximum Gasteiger partial charge on any atom is 0.240 e. The third-order valence-electron chi connectivity index (χ3n) is 11.6. The number of benzene rings is 8. The third kappa shape index (κ3) is 5.35. The topological polar surface area (TPSA) is 72.3 Å². The molecule has 0 spiro atoms. The van der Waals surface area contributed by atoms with E-state index >= 15 is 0 Å². The standard InChI is InChI=1S/C52H34N6Si/c53-35-36-34-40(59(37-18-4-1-5-19-37,38-20-6-2-7-21-38)39-22-8-3-9-23-39)32-33-41(36)50-54-51(57-46-28-14-10-24-42(46)43-25-11-15-29-47(43)57)56-52(55-50)58-48-30-16-12-26-44(48)45-27-13-17-31-49(45)58/h1-34H. The minimum Gasteiger partial charge on any atom is -0.278 e. The van der Waals surface area contributed by atoms with Crippen LogP contribution >= 0.6 is 0 Å². The van der Waals surface area contributed by atoms with Gasteiger partial charge in [-0.2, -0.15) is 20.2 Å². The van der Waals surface area contributed by atoms with Crippen molar-refractivity contribution in [3.05, 3.63) is 212 Å². The van der Waals surface area contributed by atoms with Crippen LogP contribution in [0.15, 0.2) is 206 Å². The van der Waals surface area contributed by atoms with Crippen molar-refractivity contribution < 1.29 is 0 Å². The maximum atomic E-state index is 11.1. The molecular weight excluding hydrogens is 737 g/mol. The minimum atomic E-state index is -2.92. The van der Waals surface area contributed by atoms with Crippen molar-refractivity contribution in [3.8, 4) is 29.4 Å². The molecule has 3 aromatic heterocycles. The van der Waals surface area contributed by atoms with Crippen LogP contribution in [-0.4, -0.2) is 32.2 Å². The lowest BCUT2D eigenvalue weighted by molar-refractivity contribution is 0.892. The average Bonchev–Trinajstić information content (AvgIpc) is 3.83. The number of fused-ring (bicyclic) bond motifs is 6. The van der Waals surface area contributed by atoms with Gasteiger partial charge in [0.2, 0.25) is 11.9 Å². The van der Waals surface area contributed by atoms with Crippen LogP contribution in [0.3, 0.4) is 0 Å². The fourth-order valence-corrected chi connectivity index (χ4v) is 13.9. The molecule has 6 nitrogen and oxygen atoms in total. The summed E-state index contributed by atoms with van der Waals surface area (Å²) in [7, 11) is -2.92. The predicted octanol–water partition coefficient (Wildman–Crippen LogP) is 8.98. The molecule has 8 aromatic carbocycles. The molecule has 0 radical (unpaired) electrons. The first-order valence-corrected chi connectivity index (χ1v) is 21.7. The van der Waals surface area contributed by atoms with Crippen molar-refractivity contribution in [1.29, 1.82) is 5.26 Å². The summed E-state index contributed by atoms with van der Waals surface area (Å²) >= 11 is 0. The average molecular weight is 771 g/mol. The van der Waals surface area contributed by atoms with Crippen molar-refractivity contribution in [3.63, 3.8) is 0 Å². The Kier molecular flexibility index (Phi) is 8.10. The van der Waals surface area contributed by atoms with E-state index < -0.39 is 8.07 Å². The zero-order valence-electron chi connectivity index (χ0n) is 31.8. The Labute approximate surface area is 341 Å². The van der Waals surface area contributed by atoms with Crippen LogP contribution in [0.4, 0.5) is 0 Å². The Morgan fingerprint density at radius 1 is 0.373 bits per heavy atom. The quantitative estimate of drug-likeness (QED) is 0.120. The lowest BCUT2D eigenvalue weighted by atomic mass is 10.1. The first kappa shape index (κ1) is 34.3. The molecule has 0 unspecified atom stereocenters. The Morgan fingerprint density at radius 2 is 0.729 bits per heavy atom. The molecule has 0 aliphatic carbocycles. The molecule has 59 heavy (non-hydrogen) atoms. The van der Waals surface area contributed by atoms with Crippen molar-refractivity contribution in [1.82, 2.24) is 24.1 Å². The highest BCUT2D eigenvalue weighted by molar-refractivity contribution is 7.19. The van der Waals surface area contributed by atoms with E-state index in [9.17, 15) is 5.26 Å². The molecule has 3 heterocycles. The molecule has 0 aliphatic rings. The van der Waals surface area contributed by atoms with Crippen molar-refractivity contribution >= 4 is 72.4 Å². The van der Waals surface area contributed by atoms with Gasteiger partial charge >= 0.3 is 0 Å². The van der Waals surface area contributed by atoms with Gasteiger partial charge in [-0.1, -0.05) is 170 Å². The lowest BCUT2D eigenvalue weighted by Gasteiger charge is -2.34. The number of hydrogen-bond acceptors (Lipinski definition) is 4. The monoisotopic (exact) mass is 770 g/mol. The zero-order valence-corrected chi connectivity index (χ0v) is 32.8. The molecule has 276 valence electrons. The molecule has 0 saturated heterocycles. The molecule has 0 amide bonds. The molecule has 11 aromatic rings. The van der Waals surface area contributed by atoms with Gasteiger partial charge in [-0.05, 0) is 57.1 Å². The highest BCUT2D eigenvalue weighted by atomic mass is 28.3. The van der Waals surface area contributed by atoms with Crippen LogP contribution in [0, 0.1) is 11.3 Å². The summed E-state index contributed by atoms with van der Waals surface area (Å²) in [5.41, 5.74) is 5.08. The Morgan fingerprint density at radius 3 is 1.10 bits per heavy atom. The van der Waals surface area contributed by atoms with E-state index in [0.717, 1.165) is 48.8 Å². The number of nitrogens with zero attached hydrogens (tertiary/aromatic N) is 6. The highest BCUT2D eigenvalue weighted by Gasteiger charge is 2.41. The normalized spacial score (nSPS) is 11.7. The van der Waals surface area contributed by atoms with Crippen LogP contribution in [0.25, 0.3) is 66.9 Å². The summed E-state index contributed by atoms with van der Waals surface area (Å²) in [6.45, 7) is 0. The predicted molar refractivity (Wildman–Crippen MR) is 242 cm³/mol. The molecule has 0 bridgehead atoms. The Balaban J connectivity index is 1.21. The summed E-state index contributed by atoms with van der Waals surface area (Å²) in [6, 6.07) is 74.6. The Bertz CT molecular complexity index is 3070. The summed E-state index contributed by atoms with van der Waals surface area (Å²) < 4.78 is 4.23. The second-order valence-corrected chi connectivity index (χ2v) is 18.5. The van der Waals surface area contributed by atoms with E-state index in [0.29, 0.717) is 28.8 Å². The van der Waals surface area contributed by atoms with Gasteiger partial charge in [-0.25, -0.2) is 0 Å². The zero-order chi connectivity index (χ0) is 39.3. The molecule has 0 N–H and O–H groups in total. The van der Waals surface area contributed by atoms with Crippen LogP contribution in [0.2, 0.25) is 0 Å². The molecule has 7 heteroatoms. The molecule has 0 aliphatic heterocycles. The van der Waals surface area contributed by atoms with E-state index in [1.54, 1.807) is 0 Å². The fourth-order valence-electron chi connectivity index (χ4n) is 9.08. The van der Waals surface area contributed by atoms with Gasteiger partial charge in [0.05, 0.1) is 33.7 Å². The van der Waals surface area contributed by atoms with Gasteiger partial charge in [0, 0.05) is 27.1 Å². The van der Waals surface area contributed by atoms with Gasteiger partial charge in [-0.15, -0.1) is 0 Å². The van der Waals surface area contributed by atoms with Crippen LogP contribution in [0.1, 0.15) is 5.56 Å². The van der Waals surface area contributed by atoms with Gasteiger partial charge in [0.1, 0.15) is 0 Å². The van der Waals surface area contributed by atoms with E-state index in [2.05, 4.69) is 191 Å². The first-order chi connectivity index (χ1) is 29.2. The molecule has 11 rings (SSSR count). The summed E-state index contributed by atoms with van der Waals surface area (Å²) in [4.78, 5) is 15.9. The summed E-state index contributed by atoms with van der Waals surface area (Å²) in [5, 5.41) is 20.4. The van der Waals surface area contributed by atoms with Crippen LogP contribution < -0.4 is 20.7 Å². The van der Waals surface area contributed by atoms with E-state index in [-0.39, 0.29) is 0 Å². The van der Waals surface area contributed by atoms with E-state index in [1.165, 1.54) is 15.6 Å². The largest absolute Gasteiger partial charge is 0.278 e. The van der Waals surface area contributed by atoms with Crippen molar-refractivity contribution in [2.75, 3.05) is 0 Å². The number of hydrogen-bond donors (Lipinski definition) is 0. The summed E-state index contributed by atoms with van der Waals surface area (Å²) in [5.74, 6) is 1.36. The number of aromatic nitrogens is 5. The smallest absolute Gasteiger partial charge is 0.240 e. The lowest BCUT2D eigenvalue weighted by Crippen LogP contribution is -2.74. The SMILES string of the molecule is N#Cc1cc([Si](c2ccccc2)(c2ccccc2)c2ccccc2)ccc1-c1nc(-n2c3ccccc3c3ccccc32)nc(-n2c3ccccc3c3ccccc32)n1. The van der Waals surface area contributed by atoms with Crippen LogP contribution in [0.5, 0.6) is 0 Å². The van der Waals surface area contributed by atoms with E-state index in [4.69, 9.17) is 15.0 Å². The minimum absolute atomic E-state index is 0.420. The molecule has 0 fully saturated rings. The molecular formula is C52H34N6Si. The highest BCUT2D eigenvalue weighted by Crippen LogP contribution is 2.34. The third-order valence-corrected chi connectivity index (χ3v) is 16.4.